The Morgan fingerprint density at radius 2 is 2.08 bits per heavy atom. The number of rotatable bonds is 6. The fourth-order valence-electron chi connectivity index (χ4n) is 2.70. The Balaban J connectivity index is 1.97. The molecule has 1 aliphatic heterocycles. The first-order chi connectivity index (χ1) is 11.7. The highest BCUT2D eigenvalue weighted by molar-refractivity contribution is 8.18. The molecule has 6 heteroatoms. The van der Waals surface area contributed by atoms with Crippen LogP contribution in [0, 0.1) is 0 Å². The van der Waals surface area contributed by atoms with Gasteiger partial charge in [-0.3, -0.25) is 14.5 Å². The number of carbonyl (C=O) groups is 2. The van der Waals surface area contributed by atoms with Crippen LogP contribution in [0.15, 0.2) is 48.0 Å². The van der Waals surface area contributed by atoms with E-state index >= 15 is 0 Å². The topological polar surface area (TPSA) is 51.5 Å². The minimum atomic E-state index is -0.261. The number of thioether (sulfide) groups is 1. The molecule has 1 saturated heterocycles. The smallest absolute Gasteiger partial charge is 0.293 e. The fraction of sp³-hybridized carbons (Fsp3) is 0.222. The van der Waals surface area contributed by atoms with Crippen LogP contribution in [0.3, 0.4) is 0 Å². The summed E-state index contributed by atoms with van der Waals surface area (Å²) in [6.45, 7) is 5.07. The normalized spacial score (nSPS) is 16.5. The third kappa shape index (κ3) is 3.02. The SMILES string of the molecule is C=CCn1cc(/C=C2/SC(=O)N(CCOC)C2=O)c2ccccc21. The fourth-order valence-corrected chi connectivity index (χ4v) is 3.55. The van der Waals surface area contributed by atoms with Crippen LogP contribution in [0.4, 0.5) is 4.79 Å². The molecule has 0 N–H and O–H groups in total. The van der Waals surface area contributed by atoms with Gasteiger partial charge in [-0.1, -0.05) is 24.3 Å². The molecule has 0 saturated carbocycles. The maximum atomic E-state index is 12.4. The van der Waals surface area contributed by atoms with Gasteiger partial charge in [0.2, 0.25) is 0 Å². The van der Waals surface area contributed by atoms with E-state index in [-0.39, 0.29) is 17.7 Å². The van der Waals surface area contributed by atoms with Crippen LogP contribution in [0.5, 0.6) is 0 Å². The molecule has 0 atom stereocenters. The second kappa shape index (κ2) is 7.07. The summed E-state index contributed by atoms with van der Waals surface area (Å²) in [5.41, 5.74) is 1.99. The van der Waals surface area contributed by atoms with Gasteiger partial charge < -0.3 is 9.30 Å². The van der Waals surface area contributed by atoms with E-state index < -0.39 is 0 Å². The van der Waals surface area contributed by atoms with Crippen LogP contribution in [-0.4, -0.2) is 40.9 Å². The van der Waals surface area contributed by atoms with Gasteiger partial charge in [-0.25, -0.2) is 0 Å². The zero-order valence-electron chi connectivity index (χ0n) is 13.4. The molecule has 2 heterocycles. The number of methoxy groups -OCH3 is 1. The van der Waals surface area contributed by atoms with E-state index in [2.05, 4.69) is 11.1 Å². The molecular formula is C18H18N2O3S. The number of hydrogen-bond donors (Lipinski definition) is 0. The van der Waals surface area contributed by atoms with E-state index in [1.54, 1.807) is 13.2 Å². The van der Waals surface area contributed by atoms with Gasteiger partial charge in [0.1, 0.15) is 0 Å². The summed E-state index contributed by atoms with van der Waals surface area (Å²) >= 11 is 0.972. The molecule has 1 fully saturated rings. The van der Waals surface area contributed by atoms with Crippen LogP contribution in [-0.2, 0) is 16.1 Å². The number of ether oxygens (including phenoxy) is 1. The second-order valence-electron chi connectivity index (χ2n) is 5.37. The molecule has 0 radical (unpaired) electrons. The number of hydrogen-bond acceptors (Lipinski definition) is 4. The Hall–Kier alpha value is -2.31. The summed E-state index contributed by atoms with van der Waals surface area (Å²) < 4.78 is 7.03. The van der Waals surface area contributed by atoms with Gasteiger partial charge in [-0.2, -0.15) is 0 Å². The lowest BCUT2D eigenvalue weighted by Crippen LogP contribution is -2.31. The quantitative estimate of drug-likeness (QED) is 0.595. The molecule has 0 unspecified atom stereocenters. The van der Waals surface area contributed by atoms with Crippen LogP contribution in [0.1, 0.15) is 5.56 Å². The van der Waals surface area contributed by atoms with Gasteiger partial charge in [0.05, 0.1) is 18.1 Å². The number of para-hydroxylation sites is 1. The number of carbonyl (C=O) groups excluding carboxylic acids is 2. The van der Waals surface area contributed by atoms with Gasteiger partial charge in [-0.15, -0.1) is 6.58 Å². The van der Waals surface area contributed by atoms with Crippen LogP contribution in [0.25, 0.3) is 17.0 Å². The highest BCUT2D eigenvalue weighted by Crippen LogP contribution is 2.33. The predicted molar refractivity (Wildman–Crippen MR) is 96.7 cm³/mol. The van der Waals surface area contributed by atoms with Crippen LogP contribution in [0.2, 0.25) is 0 Å². The summed E-state index contributed by atoms with van der Waals surface area (Å²) in [6, 6.07) is 7.98. The van der Waals surface area contributed by atoms with Gasteiger partial charge >= 0.3 is 0 Å². The van der Waals surface area contributed by atoms with Crippen molar-refractivity contribution in [2.45, 2.75) is 6.54 Å². The number of benzene rings is 1. The number of nitrogens with zero attached hydrogens (tertiary/aromatic N) is 2. The lowest BCUT2D eigenvalue weighted by Gasteiger charge is -2.10. The Labute approximate surface area is 144 Å². The number of aromatic nitrogens is 1. The van der Waals surface area contributed by atoms with Gasteiger partial charge in [0, 0.05) is 36.3 Å². The first kappa shape index (κ1) is 16.5. The van der Waals surface area contributed by atoms with Crippen molar-refractivity contribution in [1.29, 1.82) is 0 Å². The van der Waals surface area contributed by atoms with Gasteiger partial charge in [0.25, 0.3) is 11.1 Å². The van der Waals surface area contributed by atoms with Crippen molar-refractivity contribution in [2.75, 3.05) is 20.3 Å². The van der Waals surface area contributed by atoms with E-state index in [0.29, 0.717) is 18.1 Å². The summed E-state index contributed by atoms with van der Waals surface area (Å²) in [5, 5.41) is 0.793. The molecular weight excluding hydrogens is 324 g/mol. The molecule has 1 aromatic carbocycles. The predicted octanol–water partition coefficient (Wildman–Crippen LogP) is 3.51. The molecule has 2 amide bonds. The lowest BCUT2D eigenvalue weighted by atomic mass is 10.1. The minimum absolute atomic E-state index is 0.252. The number of fused-ring (bicyclic) bond motifs is 1. The molecule has 0 spiro atoms. The summed E-state index contributed by atoms with van der Waals surface area (Å²) in [5.74, 6) is -0.261. The first-order valence-electron chi connectivity index (χ1n) is 7.58. The Morgan fingerprint density at radius 1 is 1.29 bits per heavy atom. The Morgan fingerprint density at radius 3 is 2.83 bits per heavy atom. The molecule has 5 nitrogen and oxygen atoms in total. The minimum Gasteiger partial charge on any atom is -0.383 e. The number of amides is 2. The van der Waals surface area contributed by atoms with E-state index in [1.165, 1.54) is 4.90 Å². The maximum absolute atomic E-state index is 12.4. The van der Waals surface area contributed by atoms with Crippen LogP contribution >= 0.6 is 11.8 Å². The molecule has 1 aromatic heterocycles. The van der Waals surface area contributed by atoms with Crippen molar-refractivity contribution < 1.29 is 14.3 Å². The van der Waals surface area contributed by atoms with Crippen molar-refractivity contribution in [1.82, 2.24) is 9.47 Å². The number of imide groups is 1. The third-order valence-electron chi connectivity index (χ3n) is 3.82. The van der Waals surface area contributed by atoms with Crippen molar-refractivity contribution in [3.63, 3.8) is 0 Å². The van der Waals surface area contributed by atoms with E-state index in [1.807, 2.05) is 36.5 Å². The van der Waals surface area contributed by atoms with E-state index in [4.69, 9.17) is 4.74 Å². The summed E-state index contributed by atoms with van der Waals surface area (Å²) in [4.78, 5) is 26.1. The molecule has 0 bridgehead atoms. The molecule has 24 heavy (non-hydrogen) atoms. The van der Waals surface area contributed by atoms with Crippen LogP contribution < -0.4 is 0 Å². The molecule has 3 rings (SSSR count). The third-order valence-corrected chi connectivity index (χ3v) is 4.73. The van der Waals surface area contributed by atoms with Gasteiger partial charge in [0.15, 0.2) is 0 Å². The summed E-state index contributed by atoms with van der Waals surface area (Å²) in [7, 11) is 1.55. The zero-order chi connectivity index (χ0) is 17.1. The molecule has 2 aromatic rings. The number of allylic oxidation sites excluding steroid dienone is 1. The van der Waals surface area contributed by atoms with Crippen molar-refractivity contribution in [2.24, 2.45) is 0 Å². The largest absolute Gasteiger partial charge is 0.383 e. The van der Waals surface area contributed by atoms with E-state index in [9.17, 15) is 9.59 Å². The highest BCUT2D eigenvalue weighted by Gasteiger charge is 2.34. The Bertz CT molecular complexity index is 838. The lowest BCUT2D eigenvalue weighted by molar-refractivity contribution is -0.123. The standard InChI is InChI=1S/C18H18N2O3S/c1-3-8-19-12-13(14-6-4-5-7-15(14)19)11-16-17(21)20(9-10-23-2)18(22)24-16/h3-7,11-12H,1,8-10H2,2H3/b16-11+. The molecule has 124 valence electrons. The second-order valence-corrected chi connectivity index (χ2v) is 6.36. The molecule has 0 aliphatic carbocycles. The maximum Gasteiger partial charge on any atom is 0.293 e. The average molecular weight is 342 g/mol. The van der Waals surface area contributed by atoms with Crippen molar-refractivity contribution in [3.8, 4) is 0 Å². The monoisotopic (exact) mass is 342 g/mol. The summed E-state index contributed by atoms with van der Waals surface area (Å²) in [6.07, 6.45) is 5.60. The first-order valence-corrected chi connectivity index (χ1v) is 8.40. The highest BCUT2D eigenvalue weighted by atomic mass is 32.2. The Kier molecular flexibility index (Phi) is 4.87. The van der Waals surface area contributed by atoms with E-state index in [0.717, 1.165) is 28.2 Å². The van der Waals surface area contributed by atoms with Gasteiger partial charge in [-0.05, 0) is 23.9 Å². The van der Waals surface area contributed by atoms with Crippen molar-refractivity contribution >= 4 is 39.9 Å². The molecule has 1 aliphatic rings. The van der Waals surface area contributed by atoms with Crippen molar-refractivity contribution in [3.05, 3.63) is 53.6 Å². The average Bonchev–Trinajstić information content (AvgIpc) is 3.05. The zero-order valence-corrected chi connectivity index (χ0v) is 14.2.